The number of benzene rings is 2. The van der Waals surface area contributed by atoms with Crippen molar-refractivity contribution in [2.45, 2.75) is 5.92 Å². The fraction of sp³-hybridized carbons (Fsp3) is 0.136. The molecule has 168 valence electrons. The van der Waals surface area contributed by atoms with E-state index in [1.807, 2.05) is 6.07 Å². The molecule has 10 nitrogen and oxygen atoms in total. The summed E-state index contributed by atoms with van der Waals surface area (Å²) in [6.45, 7) is 0. The molecular weight excluding hydrogens is 496 g/mol. The SMILES string of the molecule is COC(=O)C1=C(C(=O)OC)N(c2ccc(Br)cc2)C(N)=C(C#N)C1c1ccc([N+](=O)[O-])cc1. The van der Waals surface area contributed by atoms with Gasteiger partial charge in [-0.25, -0.2) is 9.59 Å². The molecule has 1 unspecified atom stereocenters. The molecule has 0 saturated heterocycles. The third-order valence-corrected chi connectivity index (χ3v) is 5.53. The minimum absolute atomic E-state index is 0.0418. The van der Waals surface area contributed by atoms with E-state index in [1.165, 1.54) is 29.2 Å². The van der Waals surface area contributed by atoms with Gasteiger partial charge in [-0.2, -0.15) is 5.26 Å². The van der Waals surface area contributed by atoms with Crippen molar-refractivity contribution in [3.8, 4) is 6.07 Å². The van der Waals surface area contributed by atoms with Crippen LogP contribution in [0.15, 0.2) is 75.7 Å². The van der Waals surface area contributed by atoms with E-state index in [9.17, 15) is 25.0 Å². The molecule has 1 aliphatic rings. The van der Waals surface area contributed by atoms with Gasteiger partial charge in [-0.15, -0.1) is 0 Å². The summed E-state index contributed by atoms with van der Waals surface area (Å²) >= 11 is 3.33. The molecule has 1 heterocycles. The van der Waals surface area contributed by atoms with E-state index in [4.69, 9.17) is 15.2 Å². The number of non-ortho nitro benzene ring substituents is 1. The maximum atomic E-state index is 13.0. The van der Waals surface area contributed by atoms with Crippen molar-refractivity contribution in [3.63, 3.8) is 0 Å². The highest BCUT2D eigenvalue weighted by Gasteiger charge is 2.43. The zero-order valence-corrected chi connectivity index (χ0v) is 19.0. The van der Waals surface area contributed by atoms with E-state index < -0.39 is 22.8 Å². The zero-order chi connectivity index (χ0) is 24.3. The molecule has 0 aliphatic carbocycles. The second-order valence-electron chi connectivity index (χ2n) is 6.75. The van der Waals surface area contributed by atoms with Crippen LogP contribution in [0.4, 0.5) is 11.4 Å². The molecule has 3 rings (SSSR count). The summed E-state index contributed by atoms with van der Waals surface area (Å²) < 4.78 is 10.6. The number of nitrogens with zero attached hydrogens (tertiary/aromatic N) is 3. The Morgan fingerprint density at radius 1 is 1.09 bits per heavy atom. The largest absolute Gasteiger partial charge is 0.466 e. The van der Waals surface area contributed by atoms with Gasteiger partial charge >= 0.3 is 11.9 Å². The zero-order valence-electron chi connectivity index (χ0n) is 17.4. The minimum atomic E-state index is -1.12. The topological polar surface area (TPSA) is 149 Å². The number of hydrogen-bond acceptors (Lipinski definition) is 9. The third kappa shape index (κ3) is 4.28. The number of esters is 2. The van der Waals surface area contributed by atoms with Gasteiger partial charge in [0.05, 0.1) is 42.3 Å². The number of methoxy groups -OCH3 is 2. The molecule has 2 aromatic rings. The van der Waals surface area contributed by atoms with E-state index in [-0.39, 0.29) is 28.4 Å². The average molecular weight is 513 g/mol. The van der Waals surface area contributed by atoms with Crippen LogP contribution in [0.2, 0.25) is 0 Å². The molecule has 0 saturated carbocycles. The minimum Gasteiger partial charge on any atom is -0.466 e. The number of halogens is 1. The van der Waals surface area contributed by atoms with Crippen LogP contribution in [-0.4, -0.2) is 31.1 Å². The van der Waals surface area contributed by atoms with E-state index in [1.54, 1.807) is 24.3 Å². The van der Waals surface area contributed by atoms with Crippen LogP contribution in [0.1, 0.15) is 11.5 Å². The van der Waals surface area contributed by atoms with Crippen LogP contribution in [0.3, 0.4) is 0 Å². The number of hydrogen-bond donors (Lipinski definition) is 1. The maximum Gasteiger partial charge on any atom is 0.355 e. The van der Waals surface area contributed by atoms with E-state index >= 15 is 0 Å². The van der Waals surface area contributed by atoms with Crippen molar-refractivity contribution in [3.05, 3.63) is 91.3 Å². The summed E-state index contributed by atoms with van der Waals surface area (Å²) in [5, 5.41) is 21.0. The summed E-state index contributed by atoms with van der Waals surface area (Å²) in [4.78, 5) is 37.6. The van der Waals surface area contributed by atoms with Crippen LogP contribution in [0.5, 0.6) is 0 Å². The Balaban J connectivity index is 2.37. The molecule has 33 heavy (non-hydrogen) atoms. The molecule has 0 radical (unpaired) electrons. The van der Waals surface area contributed by atoms with Crippen molar-refractivity contribution in [2.24, 2.45) is 5.73 Å². The number of rotatable bonds is 5. The highest BCUT2D eigenvalue weighted by Crippen LogP contribution is 2.43. The quantitative estimate of drug-likeness (QED) is 0.361. The molecule has 2 N–H and O–H groups in total. The molecule has 2 aromatic carbocycles. The Kier molecular flexibility index (Phi) is 6.79. The highest BCUT2D eigenvalue weighted by atomic mass is 79.9. The molecule has 1 atom stereocenters. The lowest BCUT2D eigenvalue weighted by Gasteiger charge is -2.35. The first kappa shape index (κ1) is 23.5. The summed E-state index contributed by atoms with van der Waals surface area (Å²) in [7, 11) is 2.28. The lowest BCUT2D eigenvalue weighted by molar-refractivity contribution is -0.384. The lowest BCUT2D eigenvalue weighted by atomic mass is 9.80. The highest BCUT2D eigenvalue weighted by molar-refractivity contribution is 9.10. The Labute approximate surface area is 196 Å². The average Bonchev–Trinajstić information content (AvgIpc) is 2.83. The first-order chi connectivity index (χ1) is 15.7. The van der Waals surface area contributed by atoms with E-state index in [2.05, 4.69) is 15.9 Å². The number of carbonyl (C=O) groups excluding carboxylic acids is 2. The first-order valence-corrected chi connectivity index (χ1v) is 10.1. The maximum absolute atomic E-state index is 13.0. The van der Waals surface area contributed by atoms with Crippen LogP contribution in [-0.2, 0) is 19.1 Å². The van der Waals surface area contributed by atoms with Gasteiger partial charge in [-0.05, 0) is 29.8 Å². The molecular formula is C22H17BrN4O6. The Bertz CT molecular complexity index is 1230. The van der Waals surface area contributed by atoms with Crippen LogP contribution >= 0.6 is 15.9 Å². The number of ether oxygens (including phenoxy) is 2. The van der Waals surface area contributed by atoms with Crippen LogP contribution < -0.4 is 10.6 Å². The van der Waals surface area contributed by atoms with Crippen molar-refractivity contribution < 1.29 is 24.0 Å². The second-order valence-corrected chi connectivity index (χ2v) is 7.67. The van der Waals surface area contributed by atoms with Crippen molar-refractivity contribution in [1.29, 1.82) is 5.26 Å². The Morgan fingerprint density at radius 2 is 1.67 bits per heavy atom. The van der Waals surface area contributed by atoms with Crippen molar-refractivity contribution >= 4 is 39.2 Å². The first-order valence-electron chi connectivity index (χ1n) is 9.35. The predicted molar refractivity (Wildman–Crippen MR) is 120 cm³/mol. The standard InChI is InChI=1S/C22H17BrN4O6/c1-32-21(28)18-17(12-3-7-15(8-4-12)27(30)31)16(11-24)20(25)26(19(18)22(29)33-2)14-9-5-13(23)6-10-14/h3-10,17H,25H2,1-2H3. The van der Waals surface area contributed by atoms with Gasteiger partial charge in [0, 0.05) is 22.3 Å². The number of allylic oxidation sites excluding steroid dienone is 1. The molecule has 11 heteroatoms. The number of carbonyl (C=O) groups is 2. The van der Waals surface area contributed by atoms with Gasteiger partial charge in [0.25, 0.3) is 5.69 Å². The number of nitro benzene ring substituents is 1. The predicted octanol–water partition coefficient (Wildman–Crippen LogP) is 3.26. The van der Waals surface area contributed by atoms with Gasteiger partial charge in [0.2, 0.25) is 0 Å². The molecule has 1 aliphatic heterocycles. The second kappa shape index (κ2) is 9.54. The van der Waals surface area contributed by atoms with Gasteiger partial charge in [0.15, 0.2) is 0 Å². The van der Waals surface area contributed by atoms with Crippen molar-refractivity contribution in [2.75, 3.05) is 19.1 Å². The number of nitro groups is 1. The number of anilines is 1. The summed E-state index contributed by atoms with van der Waals surface area (Å²) in [5.74, 6) is -2.99. The normalized spacial score (nSPS) is 15.7. The molecule has 0 fully saturated rings. The smallest absolute Gasteiger partial charge is 0.355 e. The number of nitriles is 1. The fourth-order valence-electron chi connectivity index (χ4n) is 3.51. The van der Waals surface area contributed by atoms with E-state index in [0.29, 0.717) is 11.3 Å². The Hall–Kier alpha value is -4.17. The molecule has 0 spiro atoms. The lowest BCUT2D eigenvalue weighted by Crippen LogP contribution is -2.40. The number of nitrogens with two attached hydrogens (primary N) is 1. The van der Waals surface area contributed by atoms with Gasteiger partial charge in [0.1, 0.15) is 11.5 Å². The summed E-state index contributed by atoms with van der Waals surface area (Å²) in [5.41, 5.74) is 6.45. The fourth-order valence-corrected chi connectivity index (χ4v) is 3.78. The summed E-state index contributed by atoms with van der Waals surface area (Å²) in [6, 6.07) is 13.9. The monoisotopic (exact) mass is 512 g/mol. The van der Waals surface area contributed by atoms with Gasteiger partial charge < -0.3 is 15.2 Å². The summed E-state index contributed by atoms with van der Waals surface area (Å²) in [6.07, 6.45) is 0. The van der Waals surface area contributed by atoms with E-state index in [0.717, 1.165) is 18.7 Å². The van der Waals surface area contributed by atoms with Gasteiger partial charge in [-0.1, -0.05) is 28.1 Å². The van der Waals surface area contributed by atoms with Crippen LogP contribution in [0, 0.1) is 21.4 Å². The van der Waals surface area contributed by atoms with Gasteiger partial charge in [-0.3, -0.25) is 15.0 Å². The Morgan fingerprint density at radius 3 is 2.15 bits per heavy atom. The molecule has 0 aromatic heterocycles. The molecule has 0 bridgehead atoms. The molecule has 0 amide bonds. The van der Waals surface area contributed by atoms with Crippen molar-refractivity contribution in [1.82, 2.24) is 0 Å². The third-order valence-electron chi connectivity index (χ3n) is 5.00. The van der Waals surface area contributed by atoms with Crippen LogP contribution in [0.25, 0.3) is 0 Å².